The van der Waals surface area contributed by atoms with Crippen LogP contribution < -0.4 is 5.73 Å². The Hall–Kier alpha value is -1.62. The van der Waals surface area contributed by atoms with Gasteiger partial charge < -0.3 is 5.73 Å². The van der Waals surface area contributed by atoms with E-state index in [0.29, 0.717) is 22.5 Å². The lowest BCUT2D eigenvalue weighted by molar-refractivity contribution is 0.406. The van der Waals surface area contributed by atoms with Crippen LogP contribution in [0.4, 0.5) is 5.69 Å². The summed E-state index contributed by atoms with van der Waals surface area (Å²) in [6.45, 7) is 6.55. The van der Waals surface area contributed by atoms with Crippen LogP contribution in [0.1, 0.15) is 39.7 Å². The predicted molar refractivity (Wildman–Crippen MR) is 81.5 cm³/mol. The number of nitrogens with zero attached hydrogens (tertiary/aromatic N) is 4. The van der Waals surface area contributed by atoms with E-state index >= 15 is 0 Å². The quantitative estimate of drug-likeness (QED) is 0.856. The summed E-state index contributed by atoms with van der Waals surface area (Å²) in [4.78, 5) is 0. The summed E-state index contributed by atoms with van der Waals surface area (Å²) < 4.78 is 1.84. The van der Waals surface area contributed by atoms with Gasteiger partial charge in [0.25, 0.3) is 0 Å². The molecule has 0 fully saturated rings. The van der Waals surface area contributed by atoms with Crippen molar-refractivity contribution in [2.75, 3.05) is 5.73 Å². The fourth-order valence-corrected chi connectivity index (χ4v) is 2.36. The Morgan fingerprint density at radius 3 is 2.60 bits per heavy atom. The van der Waals surface area contributed by atoms with E-state index in [2.05, 4.69) is 36.3 Å². The summed E-state index contributed by atoms with van der Waals surface area (Å²) in [5.74, 6) is 1.37. The largest absolute Gasteiger partial charge is 0.399 e. The van der Waals surface area contributed by atoms with E-state index in [1.54, 1.807) is 6.07 Å². The molecule has 0 aliphatic rings. The highest BCUT2D eigenvalue weighted by Gasteiger charge is 2.15. The third kappa shape index (κ3) is 3.48. The van der Waals surface area contributed by atoms with E-state index in [9.17, 15) is 0 Å². The molecular weight excluding hydrogens is 274 g/mol. The van der Waals surface area contributed by atoms with E-state index < -0.39 is 0 Å². The summed E-state index contributed by atoms with van der Waals surface area (Å²) in [6.07, 6.45) is 2.17. The third-order valence-corrected chi connectivity index (χ3v) is 3.47. The zero-order chi connectivity index (χ0) is 14.7. The van der Waals surface area contributed by atoms with Crippen LogP contribution in [-0.4, -0.2) is 20.2 Å². The number of benzene rings is 1. The second-order valence-corrected chi connectivity index (χ2v) is 5.98. The molecule has 0 amide bonds. The number of rotatable bonds is 5. The monoisotopic (exact) mass is 293 g/mol. The molecule has 0 saturated heterocycles. The van der Waals surface area contributed by atoms with Crippen molar-refractivity contribution in [3.05, 3.63) is 23.2 Å². The summed E-state index contributed by atoms with van der Waals surface area (Å²) in [6, 6.07) is 5.61. The molecule has 0 radical (unpaired) electrons. The molecule has 0 spiro atoms. The molecule has 0 saturated carbocycles. The van der Waals surface area contributed by atoms with Crippen LogP contribution in [0.2, 0.25) is 5.02 Å². The van der Waals surface area contributed by atoms with Gasteiger partial charge in [0.2, 0.25) is 0 Å². The standard InChI is InChI=1S/C14H20ClN5/c1-9(2)4-5-10(3)20-14(17-18-19-20)11-6-12(15)8-13(16)7-11/h6-10H,4-5,16H2,1-3H3. The van der Waals surface area contributed by atoms with Gasteiger partial charge in [-0.05, 0) is 54.3 Å². The lowest BCUT2D eigenvalue weighted by atomic mass is 10.0. The van der Waals surface area contributed by atoms with Gasteiger partial charge >= 0.3 is 0 Å². The second-order valence-electron chi connectivity index (χ2n) is 5.54. The topological polar surface area (TPSA) is 69.6 Å². The number of hydrogen-bond acceptors (Lipinski definition) is 4. The summed E-state index contributed by atoms with van der Waals surface area (Å²) in [5, 5.41) is 12.6. The van der Waals surface area contributed by atoms with Crippen LogP contribution in [0.25, 0.3) is 11.4 Å². The number of tetrazole rings is 1. The first-order valence-electron chi connectivity index (χ1n) is 6.81. The van der Waals surface area contributed by atoms with Gasteiger partial charge in [-0.1, -0.05) is 25.4 Å². The molecule has 1 aromatic carbocycles. The molecule has 1 atom stereocenters. The minimum atomic E-state index is 0.239. The van der Waals surface area contributed by atoms with E-state index in [4.69, 9.17) is 17.3 Å². The molecule has 1 aromatic heterocycles. The summed E-state index contributed by atoms with van der Waals surface area (Å²) >= 11 is 6.04. The molecule has 1 heterocycles. The molecule has 1 unspecified atom stereocenters. The van der Waals surface area contributed by atoms with Gasteiger partial charge in [-0.3, -0.25) is 0 Å². The Morgan fingerprint density at radius 1 is 1.20 bits per heavy atom. The molecule has 2 rings (SSSR count). The fraction of sp³-hybridized carbons (Fsp3) is 0.500. The maximum absolute atomic E-state index is 6.04. The Kier molecular flexibility index (Phi) is 4.60. The van der Waals surface area contributed by atoms with E-state index in [1.165, 1.54) is 0 Å². The first kappa shape index (κ1) is 14.8. The molecule has 0 bridgehead atoms. The number of nitrogen functional groups attached to an aromatic ring is 1. The van der Waals surface area contributed by atoms with Gasteiger partial charge in [0.15, 0.2) is 5.82 Å². The van der Waals surface area contributed by atoms with Gasteiger partial charge in [0, 0.05) is 16.3 Å². The molecule has 20 heavy (non-hydrogen) atoms. The number of nitrogens with two attached hydrogens (primary N) is 1. The molecule has 5 nitrogen and oxygen atoms in total. The molecular formula is C14H20ClN5. The van der Waals surface area contributed by atoms with Crippen molar-refractivity contribution in [2.45, 2.75) is 39.7 Å². The number of aromatic nitrogens is 4. The average Bonchev–Trinajstić information content (AvgIpc) is 2.83. The first-order valence-corrected chi connectivity index (χ1v) is 7.19. The normalized spacial score (nSPS) is 12.8. The number of halogens is 1. The van der Waals surface area contributed by atoms with Crippen molar-refractivity contribution in [3.8, 4) is 11.4 Å². The van der Waals surface area contributed by atoms with E-state index in [0.717, 1.165) is 18.4 Å². The lowest BCUT2D eigenvalue weighted by Crippen LogP contribution is -2.10. The SMILES string of the molecule is CC(C)CCC(C)n1nnnc1-c1cc(N)cc(Cl)c1. The second kappa shape index (κ2) is 6.22. The highest BCUT2D eigenvalue weighted by molar-refractivity contribution is 6.31. The number of anilines is 1. The van der Waals surface area contributed by atoms with Crippen molar-refractivity contribution < 1.29 is 0 Å². The third-order valence-electron chi connectivity index (χ3n) is 3.25. The van der Waals surface area contributed by atoms with Crippen molar-refractivity contribution in [2.24, 2.45) is 5.92 Å². The summed E-state index contributed by atoms with van der Waals surface area (Å²) in [5.41, 5.74) is 7.28. The highest BCUT2D eigenvalue weighted by Crippen LogP contribution is 2.27. The average molecular weight is 294 g/mol. The maximum atomic E-state index is 6.04. The molecule has 0 aliphatic heterocycles. The van der Waals surface area contributed by atoms with Gasteiger partial charge in [-0.15, -0.1) is 5.10 Å². The van der Waals surface area contributed by atoms with Gasteiger partial charge in [0.1, 0.15) is 0 Å². The predicted octanol–water partition coefficient (Wildman–Crippen LogP) is 3.57. The van der Waals surface area contributed by atoms with Gasteiger partial charge in [-0.25, -0.2) is 4.68 Å². The smallest absolute Gasteiger partial charge is 0.182 e. The zero-order valence-corrected chi connectivity index (χ0v) is 12.8. The molecule has 108 valence electrons. The van der Waals surface area contributed by atoms with Gasteiger partial charge in [-0.2, -0.15) is 0 Å². The molecule has 6 heteroatoms. The Morgan fingerprint density at radius 2 is 1.95 bits per heavy atom. The highest BCUT2D eigenvalue weighted by atomic mass is 35.5. The van der Waals surface area contributed by atoms with Crippen LogP contribution in [0.15, 0.2) is 18.2 Å². The minimum Gasteiger partial charge on any atom is -0.399 e. The van der Waals surface area contributed by atoms with E-state index in [-0.39, 0.29) is 6.04 Å². The van der Waals surface area contributed by atoms with Crippen molar-refractivity contribution in [1.82, 2.24) is 20.2 Å². The van der Waals surface area contributed by atoms with Crippen molar-refractivity contribution in [1.29, 1.82) is 0 Å². The van der Waals surface area contributed by atoms with Crippen molar-refractivity contribution in [3.63, 3.8) is 0 Å². The molecule has 0 aliphatic carbocycles. The van der Waals surface area contributed by atoms with Gasteiger partial charge in [0.05, 0.1) is 6.04 Å². The lowest BCUT2D eigenvalue weighted by Gasteiger charge is -2.15. The summed E-state index contributed by atoms with van der Waals surface area (Å²) in [7, 11) is 0. The Bertz CT molecular complexity index is 558. The minimum absolute atomic E-state index is 0.239. The Balaban J connectivity index is 2.27. The maximum Gasteiger partial charge on any atom is 0.182 e. The van der Waals surface area contributed by atoms with Crippen LogP contribution in [0, 0.1) is 5.92 Å². The van der Waals surface area contributed by atoms with Crippen LogP contribution in [0.5, 0.6) is 0 Å². The van der Waals surface area contributed by atoms with Crippen LogP contribution in [-0.2, 0) is 0 Å². The molecule has 2 aromatic rings. The Labute approximate surface area is 124 Å². The van der Waals surface area contributed by atoms with E-state index in [1.807, 2.05) is 16.8 Å². The van der Waals surface area contributed by atoms with Crippen molar-refractivity contribution >= 4 is 17.3 Å². The fourth-order valence-electron chi connectivity index (χ4n) is 2.12. The number of hydrogen-bond donors (Lipinski definition) is 1. The zero-order valence-electron chi connectivity index (χ0n) is 12.0. The molecule has 2 N–H and O–H groups in total. The van der Waals surface area contributed by atoms with Crippen LogP contribution in [0.3, 0.4) is 0 Å². The van der Waals surface area contributed by atoms with Crippen LogP contribution >= 0.6 is 11.6 Å². The first-order chi connectivity index (χ1) is 9.47.